The van der Waals surface area contributed by atoms with Gasteiger partial charge in [0.25, 0.3) is 5.91 Å². The molecule has 0 radical (unpaired) electrons. The summed E-state index contributed by atoms with van der Waals surface area (Å²) in [4.78, 5) is 14.4. The van der Waals surface area contributed by atoms with Crippen LogP contribution in [0.2, 0.25) is 0 Å². The molecular formula is C21H26N2O2S. The van der Waals surface area contributed by atoms with Gasteiger partial charge in [0.2, 0.25) is 0 Å². The van der Waals surface area contributed by atoms with Gasteiger partial charge in [0.05, 0.1) is 0 Å². The zero-order chi connectivity index (χ0) is 18.4. The van der Waals surface area contributed by atoms with Crippen LogP contribution in [-0.2, 0) is 11.3 Å². The lowest BCUT2D eigenvalue weighted by Gasteiger charge is -2.28. The normalized spacial score (nSPS) is 14.2. The molecular weight excluding hydrogens is 344 g/mol. The largest absolute Gasteiger partial charge is 0.484 e. The summed E-state index contributed by atoms with van der Waals surface area (Å²) < 4.78 is 5.57. The molecule has 4 nitrogen and oxygen atoms in total. The molecule has 0 aliphatic carbocycles. The Hall–Kier alpha value is -2.14. The van der Waals surface area contributed by atoms with Crippen LogP contribution in [-0.4, -0.2) is 37.1 Å². The minimum atomic E-state index is -0.111. The number of ether oxygens (including phenoxy) is 1. The van der Waals surface area contributed by atoms with E-state index in [0.29, 0.717) is 6.54 Å². The van der Waals surface area contributed by atoms with Crippen LogP contribution in [0.5, 0.6) is 5.75 Å². The van der Waals surface area contributed by atoms with E-state index in [1.165, 1.54) is 22.8 Å². The number of carbonyl (C=O) groups excluding carboxylic acids is 1. The molecule has 1 N–H and O–H groups in total. The summed E-state index contributed by atoms with van der Waals surface area (Å²) in [6.07, 6.45) is 0. The van der Waals surface area contributed by atoms with Crippen molar-refractivity contribution >= 4 is 23.4 Å². The quantitative estimate of drug-likeness (QED) is 0.844. The van der Waals surface area contributed by atoms with Crippen LogP contribution in [0, 0.1) is 13.8 Å². The van der Waals surface area contributed by atoms with E-state index < -0.39 is 0 Å². The first-order chi connectivity index (χ1) is 12.6. The molecule has 3 rings (SSSR count). The van der Waals surface area contributed by atoms with E-state index >= 15 is 0 Å². The van der Waals surface area contributed by atoms with Crippen molar-refractivity contribution in [2.24, 2.45) is 0 Å². The lowest BCUT2D eigenvalue weighted by Crippen LogP contribution is -2.32. The van der Waals surface area contributed by atoms with E-state index in [1.54, 1.807) is 0 Å². The predicted octanol–water partition coefficient (Wildman–Crippen LogP) is 3.55. The summed E-state index contributed by atoms with van der Waals surface area (Å²) in [5.74, 6) is 3.00. The summed E-state index contributed by atoms with van der Waals surface area (Å²) in [7, 11) is 0. The number of anilines is 1. The highest BCUT2D eigenvalue weighted by Crippen LogP contribution is 2.20. The fraction of sp³-hybridized carbons (Fsp3) is 0.381. The molecule has 1 amide bonds. The van der Waals surface area contributed by atoms with Gasteiger partial charge in [-0.1, -0.05) is 18.2 Å². The summed E-state index contributed by atoms with van der Waals surface area (Å²) in [5, 5.41) is 2.91. The van der Waals surface area contributed by atoms with Gasteiger partial charge in [-0.05, 0) is 54.8 Å². The molecule has 0 atom stereocenters. The molecule has 138 valence electrons. The van der Waals surface area contributed by atoms with Crippen LogP contribution in [0.4, 0.5) is 5.69 Å². The van der Waals surface area contributed by atoms with Crippen molar-refractivity contribution in [2.75, 3.05) is 36.1 Å². The van der Waals surface area contributed by atoms with Gasteiger partial charge in [0, 0.05) is 36.8 Å². The highest BCUT2D eigenvalue weighted by molar-refractivity contribution is 7.99. The molecule has 1 heterocycles. The first kappa shape index (κ1) is 18.6. The van der Waals surface area contributed by atoms with Crippen LogP contribution in [0.1, 0.15) is 16.7 Å². The summed E-state index contributed by atoms with van der Waals surface area (Å²) in [5.41, 5.74) is 4.74. The van der Waals surface area contributed by atoms with Gasteiger partial charge < -0.3 is 15.0 Å². The highest BCUT2D eigenvalue weighted by Gasteiger charge is 2.11. The highest BCUT2D eigenvalue weighted by atomic mass is 32.2. The second kappa shape index (κ2) is 8.99. The number of hydrogen-bond acceptors (Lipinski definition) is 4. The van der Waals surface area contributed by atoms with Crippen molar-refractivity contribution in [1.82, 2.24) is 5.32 Å². The van der Waals surface area contributed by atoms with Crippen molar-refractivity contribution < 1.29 is 9.53 Å². The Morgan fingerprint density at radius 1 is 1.08 bits per heavy atom. The van der Waals surface area contributed by atoms with Gasteiger partial charge in [0.15, 0.2) is 6.61 Å². The molecule has 1 saturated heterocycles. The van der Waals surface area contributed by atoms with Gasteiger partial charge in [-0.15, -0.1) is 0 Å². The van der Waals surface area contributed by atoms with Gasteiger partial charge >= 0.3 is 0 Å². The van der Waals surface area contributed by atoms with Crippen LogP contribution < -0.4 is 15.0 Å². The number of hydrogen-bond donors (Lipinski definition) is 1. The van der Waals surface area contributed by atoms with E-state index in [-0.39, 0.29) is 12.5 Å². The fourth-order valence-electron chi connectivity index (χ4n) is 2.85. The van der Waals surface area contributed by atoms with Gasteiger partial charge in [-0.3, -0.25) is 4.79 Å². The molecule has 0 spiro atoms. The smallest absolute Gasteiger partial charge is 0.258 e. The molecule has 0 bridgehead atoms. The molecule has 0 unspecified atom stereocenters. The Morgan fingerprint density at radius 2 is 1.81 bits per heavy atom. The number of carbonyl (C=O) groups is 1. The van der Waals surface area contributed by atoms with Crippen LogP contribution in [0.3, 0.4) is 0 Å². The maximum atomic E-state index is 12.0. The number of nitrogens with one attached hydrogen (secondary N) is 1. The molecule has 2 aromatic carbocycles. The number of amides is 1. The third-order valence-corrected chi connectivity index (χ3v) is 5.59. The zero-order valence-electron chi connectivity index (χ0n) is 15.5. The molecule has 0 saturated carbocycles. The van der Waals surface area contributed by atoms with E-state index in [4.69, 9.17) is 4.74 Å². The topological polar surface area (TPSA) is 41.6 Å². The molecule has 1 fully saturated rings. The SMILES string of the molecule is Cc1ccc(OCC(=O)NCc2ccc(N3CCSCC3)cc2)cc1C. The predicted molar refractivity (Wildman–Crippen MR) is 109 cm³/mol. The summed E-state index contributed by atoms with van der Waals surface area (Å²) >= 11 is 2.01. The molecule has 1 aliphatic heterocycles. The second-order valence-electron chi connectivity index (χ2n) is 6.58. The minimum absolute atomic E-state index is 0.0338. The zero-order valence-corrected chi connectivity index (χ0v) is 16.3. The van der Waals surface area contributed by atoms with Crippen molar-refractivity contribution in [2.45, 2.75) is 20.4 Å². The molecule has 2 aromatic rings. The Labute approximate surface area is 159 Å². The first-order valence-electron chi connectivity index (χ1n) is 9.00. The average Bonchev–Trinajstić information content (AvgIpc) is 2.68. The molecule has 1 aliphatic rings. The average molecular weight is 371 g/mol. The standard InChI is InChI=1S/C21H26N2O2S/c1-16-3-8-20(13-17(16)2)25-15-21(24)22-14-18-4-6-19(7-5-18)23-9-11-26-12-10-23/h3-8,13H,9-12,14-15H2,1-2H3,(H,22,24). The maximum absolute atomic E-state index is 12.0. The Balaban J connectivity index is 1.44. The van der Waals surface area contributed by atoms with Crippen LogP contribution in [0.25, 0.3) is 0 Å². The lowest BCUT2D eigenvalue weighted by atomic mass is 10.1. The van der Waals surface area contributed by atoms with Gasteiger partial charge in [-0.25, -0.2) is 0 Å². The van der Waals surface area contributed by atoms with E-state index in [2.05, 4.69) is 41.4 Å². The van der Waals surface area contributed by atoms with E-state index in [9.17, 15) is 4.79 Å². The van der Waals surface area contributed by atoms with Crippen molar-refractivity contribution in [1.29, 1.82) is 0 Å². The summed E-state index contributed by atoms with van der Waals surface area (Å²) in [6, 6.07) is 14.3. The van der Waals surface area contributed by atoms with Crippen LogP contribution in [0.15, 0.2) is 42.5 Å². The van der Waals surface area contributed by atoms with Crippen molar-refractivity contribution in [3.63, 3.8) is 0 Å². The number of rotatable bonds is 6. The second-order valence-corrected chi connectivity index (χ2v) is 7.80. The van der Waals surface area contributed by atoms with Gasteiger partial charge in [-0.2, -0.15) is 11.8 Å². The first-order valence-corrected chi connectivity index (χ1v) is 10.2. The van der Waals surface area contributed by atoms with Crippen molar-refractivity contribution in [3.05, 3.63) is 59.2 Å². The molecule has 5 heteroatoms. The maximum Gasteiger partial charge on any atom is 0.258 e. The molecule has 26 heavy (non-hydrogen) atoms. The number of aryl methyl sites for hydroxylation is 2. The van der Waals surface area contributed by atoms with Crippen molar-refractivity contribution in [3.8, 4) is 5.75 Å². The lowest BCUT2D eigenvalue weighted by molar-refractivity contribution is -0.123. The number of thioether (sulfide) groups is 1. The Kier molecular flexibility index (Phi) is 6.45. The van der Waals surface area contributed by atoms with Crippen LogP contribution >= 0.6 is 11.8 Å². The minimum Gasteiger partial charge on any atom is -0.484 e. The third-order valence-electron chi connectivity index (χ3n) is 4.65. The van der Waals surface area contributed by atoms with E-state index in [1.807, 2.05) is 36.9 Å². The number of nitrogens with zero attached hydrogens (tertiary/aromatic N) is 1. The fourth-order valence-corrected chi connectivity index (χ4v) is 3.75. The monoisotopic (exact) mass is 370 g/mol. The Morgan fingerprint density at radius 3 is 2.50 bits per heavy atom. The third kappa shape index (κ3) is 5.18. The summed E-state index contributed by atoms with van der Waals surface area (Å²) in [6.45, 7) is 6.86. The van der Waals surface area contributed by atoms with E-state index in [0.717, 1.165) is 30.0 Å². The number of benzene rings is 2. The molecule has 0 aromatic heterocycles. The Bertz CT molecular complexity index is 740. The van der Waals surface area contributed by atoms with Gasteiger partial charge in [0.1, 0.15) is 5.75 Å².